The molecule has 0 aromatic heterocycles. The second-order valence-corrected chi connectivity index (χ2v) is 7.28. The molecule has 0 saturated carbocycles. The maximum absolute atomic E-state index is 13.7. The number of benzene rings is 1. The molecular formula is C14H21FN2O3S. The van der Waals surface area contributed by atoms with Crippen LogP contribution in [0.5, 0.6) is 0 Å². The highest BCUT2D eigenvalue weighted by molar-refractivity contribution is 7.89. The molecule has 2 rings (SSSR count). The number of nitrogens with zero attached hydrogens (tertiary/aromatic N) is 1. The SMILES string of the molecule is CN1CCCC(CNS(=O)(=O)c2cc(CO)ccc2F)C1. The van der Waals surface area contributed by atoms with Crippen LogP contribution < -0.4 is 4.72 Å². The minimum atomic E-state index is -3.90. The molecule has 118 valence electrons. The van der Waals surface area contributed by atoms with Gasteiger partial charge in [0.25, 0.3) is 0 Å². The molecular weight excluding hydrogens is 295 g/mol. The summed E-state index contributed by atoms with van der Waals surface area (Å²) in [5.41, 5.74) is 0.370. The van der Waals surface area contributed by atoms with Crippen LogP contribution in [0.2, 0.25) is 0 Å². The molecule has 1 aromatic rings. The Balaban J connectivity index is 2.08. The van der Waals surface area contributed by atoms with E-state index in [1.54, 1.807) is 0 Å². The Morgan fingerprint density at radius 2 is 2.24 bits per heavy atom. The van der Waals surface area contributed by atoms with Crippen molar-refractivity contribution in [2.75, 3.05) is 26.7 Å². The predicted octanol–water partition coefficient (Wildman–Crippen LogP) is 0.938. The summed E-state index contributed by atoms with van der Waals surface area (Å²) in [5.74, 6) is -0.567. The van der Waals surface area contributed by atoms with Crippen molar-refractivity contribution in [3.8, 4) is 0 Å². The molecule has 0 aliphatic carbocycles. The lowest BCUT2D eigenvalue weighted by Gasteiger charge is -2.29. The summed E-state index contributed by atoms with van der Waals surface area (Å²) in [6.45, 7) is 1.84. The fourth-order valence-electron chi connectivity index (χ4n) is 2.60. The Bertz CT molecular complexity index is 592. The largest absolute Gasteiger partial charge is 0.392 e. The number of sulfonamides is 1. The van der Waals surface area contributed by atoms with Crippen molar-refractivity contribution in [3.63, 3.8) is 0 Å². The molecule has 0 amide bonds. The highest BCUT2D eigenvalue weighted by Crippen LogP contribution is 2.18. The van der Waals surface area contributed by atoms with E-state index in [1.807, 2.05) is 7.05 Å². The second kappa shape index (κ2) is 6.83. The first-order valence-electron chi connectivity index (χ1n) is 7.00. The van der Waals surface area contributed by atoms with Crippen molar-refractivity contribution >= 4 is 10.0 Å². The lowest BCUT2D eigenvalue weighted by atomic mass is 9.99. The smallest absolute Gasteiger partial charge is 0.243 e. The molecule has 5 nitrogen and oxygen atoms in total. The molecule has 2 N–H and O–H groups in total. The number of hydrogen-bond acceptors (Lipinski definition) is 4. The van der Waals surface area contributed by atoms with Gasteiger partial charge in [0.15, 0.2) is 0 Å². The van der Waals surface area contributed by atoms with E-state index in [4.69, 9.17) is 5.11 Å². The molecule has 1 unspecified atom stereocenters. The minimum Gasteiger partial charge on any atom is -0.392 e. The number of aliphatic hydroxyl groups is 1. The van der Waals surface area contributed by atoms with E-state index < -0.39 is 20.7 Å². The van der Waals surface area contributed by atoms with Crippen molar-refractivity contribution < 1.29 is 17.9 Å². The first kappa shape index (κ1) is 16.4. The van der Waals surface area contributed by atoms with Gasteiger partial charge >= 0.3 is 0 Å². The Morgan fingerprint density at radius 3 is 2.90 bits per heavy atom. The van der Waals surface area contributed by atoms with Gasteiger partial charge in [-0.1, -0.05) is 6.07 Å². The quantitative estimate of drug-likeness (QED) is 0.848. The van der Waals surface area contributed by atoms with Gasteiger partial charge in [-0.25, -0.2) is 17.5 Å². The number of piperidine rings is 1. The minimum absolute atomic E-state index is 0.239. The average molecular weight is 316 g/mol. The molecule has 1 heterocycles. The lowest BCUT2D eigenvalue weighted by Crippen LogP contribution is -2.39. The van der Waals surface area contributed by atoms with E-state index in [9.17, 15) is 12.8 Å². The molecule has 1 fully saturated rings. The molecule has 0 bridgehead atoms. The fraction of sp³-hybridized carbons (Fsp3) is 0.571. The van der Waals surface area contributed by atoms with Gasteiger partial charge in [0.2, 0.25) is 10.0 Å². The molecule has 0 radical (unpaired) electrons. The van der Waals surface area contributed by atoms with E-state index in [1.165, 1.54) is 12.1 Å². The van der Waals surface area contributed by atoms with E-state index in [-0.39, 0.29) is 12.5 Å². The van der Waals surface area contributed by atoms with Gasteiger partial charge < -0.3 is 10.0 Å². The topological polar surface area (TPSA) is 69.6 Å². The first-order valence-corrected chi connectivity index (χ1v) is 8.48. The van der Waals surface area contributed by atoms with Crippen LogP contribution in [0.3, 0.4) is 0 Å². The van der Waals surface area contributed by atoms with E-state index >= 15 is 0 Å². The summed E-state index contributed by atoms with van der Waals surface area (Å²) in [4.78, 5) is 1.76. The van der Waals surface area contributed by atoms with Crippen molar-refractivity contribution in [2.24, 2.45) is 5.92 Å². The normalized spacial score (nSPS) is 20.6. The maximum atomic E-state index is 13.7. The zero-order chi connectivity index (χ0) is 15.5. The first-order chi connectivity index (χ1) is 9.92. The summed E-state index contributed by atoms with van der Waals surface area (Å²) in [5, 5.41) is 9.04. The molecule has 1 aliphatic heterocycles. The molecule has 1 atom stereocenters. The number of aliphatic hydroxyl groups excluding tert-OH is 1. The van der Waals surface area contributed by atoms with Crippen LogP contribution in [0.1, 0.15) is 18.4 Å². The number of nitrogens with one attached hydrogen (secondary N) is 1. The van der Waals surface area contributed by atoms with Gasteiger partial charge in [0.05, 0.1) is 6.61 Å². The summed E-state index contributed by atoms with van der Waals surface area (Å²) in [7, 11) is -1.89. The van der Waals surface area contributed by atoms with Gasteiger partial charge in [0, 0.05) is 13.1 Å². The Kier molecular flexibility index (Phi) is 5.32. The van der Waals surface area contributed by atoms with Crippen LogP contribution in [0.15, 0.2) is 23.1 Å². The van der Waals surface area contributed by atoms with Crippen LogP contribution in [0.25, 0.3) is 0 Å². The summed E-state index contributed by atoms with van der Waals surface area (Å²) >= 11 is 0. The number of rotatable bonds is 5. The van der Waals surface area contributed by atoms with E-state index in [0.29, 0.717) is 12.1 Å². The molecule has 7 heteroatoms. The summed E-state index contributed by atoms with van der Waals surface area (Å²) in [6, 6.07) is 3.60. The highest BCUT2D eigenvalue weighted by Gasteiger charge is 2.23. The summed E-state index contributed by atoms with van der Waals surface area (Å²) < 4.78 is 40.6. The molecule has 1 aromatic carbocycles. The van der Waals surface area contributed by atoms with Gasteiger partial charge in [-0.05, 0) is 50.0 Å². The number of likely N-dealkylation sites (tertiary alicyclic amines) is 1. The zero-order valence-corrected chi connectivity index (χ0v) is 12.9. The Morgan fingerprint density at radius 1 is 1.48 bits per heavy atom. The van der Waals surface area contributed by atoms with Gasteiger partial charge in [-0.15, -0.1) is 0 Å². The third-order valence-electron chi connectivity index (χ3n) is 3.75. The molecule has 1 saturated heterocycles. The zero-order valence-electron chi connectivity index (χ0n) is 12.0. The van der Waals surface area contributed by atoms with Crippen LogP contribution >= 0.6 is 0 Å². The second-order valence-electron chi connectivity index (χ2n) is 5.55. The van der Waals surface area contributed by atoms with Crippen molar-refractivity contribution in [1.82, 2.24) is 9.62 Å². The monoisotopic (exact) mass is 316 g/mol. The van der Waals surface area contributed by atoms with Gasteiger partial charge in [-0.2, -0.15) is 0 Å². The molecule has 21 heavy (non-hydrogen) atoms. The standard InChI is InChI=1S/C14H21FN2O3S/c1-17-6-2-3-12(9-17)8-16-21(19,20)14-7-11(10-18)4-5-13(14)15/h4-5,7,12,16,18H,2-3,6,8-10H2,1H3. The van der Waals surface area contributed by atoms with Crippen LogP contribution in [-0.4, -0.2) is 45.1 Å². The average Bonchev–Trinajstić information content (AvgIpc) is 2.46. The fourth-order valence-corrected chi connectivity index (χ4v) is 3.84. The number of halogens is 1. The van der Waals surface area contributed by atoms with Crippen LogP contribution in [-0.2, 0) is 16.6 Å². The number of hydrogen-bond donors (Lipinski definition) is 2. The van der Waals surface area contributed by atoms with Crippen molar-refractivity contribution in [1.29, 1.82) is 0 Å². The predicted molar refractivity (Wildman–Crippen MR) is 77.7 cm³/mol. The third kappa shape index (κ3) is 4.23. The van der Waals surface area contributed by atoms with E-state index in [0.717, 1.165) is 32.0 Å². The summed E-state index contributed by atoms with van der Waals surface area (Å²) in [6.07, 6.45) is 2.00. The van der Waals surface area contributed by atoms with Crippen molar-refractivity contribution in [2.45, 2.75) is 24.3 Å². The van der Waals surface area contributed by atoms with Gasteiger partial charge in [0.1, 0.15) is 10.7 Å². The molecule has 0 spiro atoms. The highest BCUT2D eigenvalue weighted by atomic mass is 32.2. The Labute approximate surface area is 124 Å². The van der Waals surface area contributed by atoms with Gasteiger partial charge in [-0.3, -0.25) is 0 Å². The van der Waals surface area contributed by atoms with E-state index in [2.05, 4.69) is 9.62 Å². The lowest BCUT2D eigenvalue weighted by molar-refractivity contribution is 0.211. The van der Waals surface area contributed by atoms with Crippen molar-refractivity contribution in [3.05, 3.63) is 29.6 Å². The third-order valence-corrected chi connectivity index (χ3v) is 5.19. The maximum Gasteiger partial charge on any atom is 0.243 e. The van der Waals surface area contributed by atoms with Crippen LogP contribution in [0.4, 0.5) is 4.39 Å². The van der Waals surface area contributed by atoms with Crippen LogP contribution in [0, 0.1) is 11.7 Å². The molecule has 1 aliphatic rings. The Hall–Kier alpha value is -1.02.